The molecular weight excluding hydrogens is 318 g/mol. The molecule has 120 valence electrons. The van der Waals surface area contributed by atoms with E-state index in [1.165, 1.54) is 48.7 Å². The molecule has 4 aromatic carbocycles. The zero-order chi connectivity index (χ0) is 16.8. The topological polar surface area (TPSA) is 17.6 Å². The van der Waals surface area contributed by atoms with Crippen LogP contribution in [0.5, 0.6) is 0 Å². The van der Waals surface area contributed by atoms with Crippen LogP contribution in [0, 0.1) is 0 Å². The molecule has 0 saturated carbocycles. The Hall–Kier alpha value is -3.52. The third kappa shape index (κ3) is 1.36. The molecule has 0 atom stereocenters. The van der Waals surface area contributed by atoms with Gasteiger partial charge in [-0.1, -0.05) is 42.5 Å². The minimum atomic E-state index is 0.952. The van der Waals surface area contributed by atoms with Gasteiger partial charge in [0.05, 0.1) is 11.0 Å². The monoisotopic (exact) mass is 331 g/mol. The number of fused-ring (bicyclic) bond motifs is 8. The van der Waals surface area contributed by atoms with Gasteiger partial charge in [0, 0.05) is 33.1 Å². The number of rotatable bonds is 0. The molecule has 0 N–H and O–H groups in total. The first kappa shape index (κ1) is 12.8. The molecule has 0 amide bonds. The Kier molecular flexibility index (Phi) is 2.05. The molecule has 0 fully saturated rings. The van der Waals surface area contributed by atoms with Crippen molar-refractivity contribution in [2.24, 2.45) is 0 Å². The van der Waals surface area contributed by atoms with Gasteiger partial charge in [0.2, 0.25) is 0 Å². The Morgan fingerprint density at radius 3 is 2.35 bits per heavy atom. The molecule has 3 aromatic heterocycles. The van der Waals surface area contributed by atoms with Crippen molar-refractivity contribution in [3.8, 4) is 0 Å². The van der Waals surface area contributed by atoms with Gasteiger partial charge in [-0.2, -0.15) is 0 Å². The van der Waals surface area contributed by atoms with E-state index in [2.05, 4.69) is 71.3 Å². The summed E-state index contributed by atoms with van der Waals surface area (Å²) in [4.78, 5) is 0. The first-order chi connectivity index (χ1) is 12.9. The lowest BCUT2D eigenvalue weighted by molar-refractivity contribution is 0.673. The minimum absolute atomic E-state index is 0.952. The van der Waals surface area contributed by atoms with Crippen molar-refractivity contribution < 1.29 is 4.42 Å². The summed E-state index contributed by atoms with van der Waals surface area (Å²) < 4.78 is 8.53. The second-order valence-electron chi connectivity index (χ2n) is 7.06. The van der Waals surface area contributed by atoms with Crippen LogP contribution in [0.3, 0.4) is 0 Å². The third-order valence-corrected chi connectivity index (χ3v) is 5.72. The fourth-order valence-corrected chi connectivity index (χ4v) is 4.56. The smallest absolute Gasteiger partial charge is 0.144 e. The van der Waals surface area contributed by atoms with Gasteiger partial charge < -0.3 is 8.82 Å². The molecule has 0 spiro atoms. The van der Waals surface area contributed by atoms with Crippen molar-refractivity contribution in [3.63, 3.8) is 0 Å². The van der Waals surface area contributed by atoms with Crippen LogP contribution in [0.25, 0.3) is 59.9 Å². The summed E-state index contributed by atoms with van der Waals surface area (Å²) in [6, 6.07) is 26.0. The molecule has 0 aliphatic heterocycles. The number of hydrogen-bond acceptors (Lipinski definition) is 1. The quantitative estimate of drug-likeness (QED) is 0.301. The Labute approximate surface area is 148 Å². The fraction of sp³-hybridized carbons (Fsp3) is 0. The van der Waals surface area contributed by atoms with Crippen molar-refractivity contribution in [2.45, 2.75) is 0 Å². The van der Waals surface area contributed by atoms with E-state index >= 15 is 0 Å². The van der Waals surface area contributed by atoms with Crippen molar-refractivity contribution in [1.29, 1.82) is 0 Å². The van der Waals surface area contributed by atoms with Gasteiger partial charge in [-0.05, 0) is 41.1 Å². The SMILES string of the molecule is c1ccc2cc3c(cc2c1)c1cc2c4ccccc4oc2c2ccn3c12. The average Bonchev–Trinajstić information content (AvgIpc) is 3.35. The molecule has 0 saturated heterocycles. The maximum Gasteiger partial charge on any atom is 0.144 e. The van der Waals surface area contributed by atoms with E-state index in [0.29, 0.717) is 0 Å². The number of furan rings is 1. The Morgan fingerprint density at radius 2 is 1.42 bits per heavy atom. The molecular formula is C24H13NO. The van der Waals surface area contributed by atoms with E-state index in [-0.39, 0.29) is 0 Å². The Bertz CT molecular complexity index is 1620. The molecule has 7 rings (SSSR count). The van der Waals surface area contributed by atoms with Crippen molar-refractivity contribution in [2.75, 3.05) is 0 Å². The van der Waals surface area contributed by atoms with Crippen LogP contribution in [0.2, 0.25) is 0 Å². The molecule has 2 heteroatoms. The Morgan fingerprint density at radius 1 is 0.615 bits per heavy atom. The van der Waals surface area contributed by atoms with E-state index in [0.717, 1.165) is 11.2 Å². The first-order valence-corrected chi connectivity index (χ1v) is 8.87. The highest BCUT2D eigenvalue weighted by Gasteiger charge is 2.18. The van der Waals surface area contributed by atoms with E-state index in [4.69, 9.17) is 4.42 Å². The van der Waals surface area contributed by atoms with Crippen molar-refractivity contribution >= 4 is 59.9 Å². The molecule has 26 heavy (non-hydrogen) atoms. The maximum absolute atomic E-state index is 6.22. The molecule has 0 aliphatic carbocycles. The van der Waals surface area contributed by atoms with Crippen LogP contribution in [-0.2, 0) is 0 Å². The second-order valence-corrected chi connectivity index (χ2v) is 7.06. The van der Waals surface area contributed by atoms with Crippen LogP contribution in [0.15, 0.2) is 83.4 Å². The number of aromatic nitrogens is 1. The normalized spacial score (nSPS) is 12.6. The van der Waals surface area contributed by atoms with Gasteiger partial charge in [-0.15, -0.1) is 0 Å². The van der Waals surface area contributed by atoms with E-state index in [1.807, 2.05) is 12.1 Å². The highest BCUT2D eigenvalue weighted by atomic mass is 16.3. The second kappa shape index (κ2) is 4.17. The van der Waals surface area contributed by atoms with Crippen LogP contribution < -0.4 is 0 Å². The number of nitrogens with zero attached hydrogens (tertiary/aromatic N) is 1. The Balaban J connectivity index is 1.81. The largest absolute Gasteiger partial charge is 0.455 e. The highest BCUT2D eigenvalue weighted by molar-refractivity contribution is 6.26. The lowest BCUT2D eigenvalue weighted by Gasteiger charge is -1.99. The van der Waals surface area contributed by atoms with Crippen LogP contribution >= 0.6 is 0 Å². The molecule has 0 aliphatic rings. The number of para-hydroxylation sites is 1. The van der Waals surface area contributed by atoms with Gasteiger partial charge >= 0.3 is 0 Å². The van der Waals surface area contributed by atoms with Crippen LogP contribution in [0.1, 0.15) is 0 Å². The number of benzene rings is 4. The van der Waals surface area contributed by atoms with E-state index < -0.39 is 0 Å². The van der Waals surface area contributed by atoms with Crippen molar-refractivity contribution in [1.82, 2.24) is 4.40 Å². The van der Waals surface area contributed by atoms with E-state index in [9.17, 15) is 0 Å². The molecule has 7 aromatic rings. The minimum Gasteiger partial charge on any atom is -0.455 e. The highest BCUT2D eigenvalue weighted by Crippen LogP contribution is 2.41. The van der Waals surface area contributed by atoms with Gasteiger partial charge in [0.15, 0.2) is 0 Å². The van der Waals surface area contributed by atoms with Gasteiger partial charge in [-0.25, -0.2) is 0 Å². The maximum atomic E-state index is 6.22. The van der Waals surface area contributed by atoms with Gasteiger partial charge in [-0.3, -0.25) is 0 Å². The summed E-state index contributed by atoms with van der Waals surface area (Å²) in [5.74, 6) is 0. The van der Waals surface area contributed by atoms with Gasteiger partial charge in [0.1, 0.15) is 11.2 Å². The van der Waals surface area contributed by atoms with Crippen molar-refractivity contribution in [3.05, 3.63) is 79.0 Å². The predicted molar refractivity (Wildman–Crippen MR) is 108 cm³/mol. The summed E-state index contributed by atoms with van der Waals surface area (Å²) in [7, 11) is 0. The lowest BCUT2D eigenvalue weighted by atomic mass is 10.0. The zero-order valence-electron chi connectivity index (χ0n) is 13.9. The van der Waals surface area contributed by atoms with E-state index in [1.54, 1.807) is 0 Å². The number of hydrogen-bond donors (Lipinski definition) is 0. The average molecular weight is 331 g/mol. The molecule has 2 nitrogen and oxygen atoms in total. The zero-order valence-corrected chi connectivity index (χ0v) is 13.9. The predicted octanol–water partition coefficient (Wildman–Crippen LogP) is 6.74. The molecule has 0 unspecified atom stereocenters. The summed E-state index contributed by atoms with van der Waals surface area (Å²) in [5.41, 5.74) is 4.45. The van der Waals surface area contributed by atoms with Gasteiger partial charge in [0.25, 0.3) is 0 Å². The van der Waals surface area contributed by atoms with Crippen LogP contribution in [-0.4, -0.2) is 4.40 Å². The summed E-state index contributed by atoms with van der Waals surface area (Å²) in [5, 5.41) is 8.72. The first-order valence-electron chi connectivity index (χ1n) is 8.87. The van der Waals surface area contributed by atoms with Crippen LogP contribution in [0.4, 0.5) is 0 Å². The summed E-state index contributed by atoms with van der Waals surface area (Å²) in [6.07, 6.45) is 2.17. The molecule has 3 heterocycles. The molecule has 0 radical (unpaired) electrons. The summed E-state index contributed by atoms with van der Waals surface area (Å²) in [6.45, 7) is 0. The standard InChI is InChI=1S/C24H13NO/c1-2-6-15-12-21-18(11-14(15)5-1)19-13-20-16-7-3-4-8-22(16)26-24(20)17-9-10-25(21)23(17)19/h1-13H. The third-order valence-electron chi connectivity index (χ3n) is 5.72. The molecule has 0 bridgehead atoms. The lowest BCUT2D eigenvalue weighted by Crippen LogP contribution is -1.77. The fourth-order valence-electron chi connectivity index (χ4n) is 4.56. The summed E-state index contributed by atoms with van der Waals surface area (Å²) >= 11 is 0.